The molecule has 0 saturated heterocycles. The van der Waals surface area contributed by atoms with Crippen LogP contribution in [0.1, 0.15) is 20.3 Å². The van der Waals surface area contributed by atoms with Crippen molar-refractivity contribution in [2.24, 2.45) is 0 Å². The van der Waals surface area contributed by atoms with Gasteiger partial charge in [0.15, 0.2) is 0 Å². The fourth-order valence-corrected chi connectivity index (χ4v) is 2.57. The summed E-state index contributed by atoms with van der Waals surface area (Å²) in [5.41, 5.74) is 0.338. The summed E-state index contributed by atoms with van der Waals surface area (Å²) in [6.45, 7) is 7.52. The molecule has 1 rings (SSSR count). The number of ether oxygens (including phenoxy) is 1. The van der Waals surface area contributed by atoms with Crippen LogP contribution in [0.3, 0.4) is 0 Å². The van der Waals surface area contributed by atoms with Gasteiger partial charge in [-0.15, -0.1) is 6.58 Å². The van der Waals surface area contributed by atoms with Crippen molar-refractivity contribution in [3.05, 3.63) is 30.9 Å². The lowest BCUT2D eigenvalue weighted by molar-refractivity contribution is -0.115. The van der Waals surface area contributed by atoms with Gasteiger partial charge in [0.25, 0.3) is 0 Å². The SMILES string of the molecule is C=CCNS(=O)(=O)c1ccc(OCC)c(NC(=O)CC)c1. The van der Waals surface area contributed by atoms with Gasteiger partial charge in [0.1, 0.15) is 5.75 Å². The van der Waals surface area contributed by atoms with Crippen LogP contribution in [0.5, 0.6) is 5.75 Å². The van der Waals surface area contributed by atoms with Crippen molar-refractivity contribution in [2.75, 3.05) is 18.5 Å². The number of carbonyl (C=O) groups is 1. The Morgan fingerprint density at radius 1 is 1.38 bits per heavy atom. The smallest absolute Gasteiger partial charge is 0.240 e. The third kappa shape index (κ3) is 4.87. The van der Waals surface area contributed by atoms with Crippen LogP contribution in [-0.4, -0.2) is 27.5 Å². The van der Waals surface area contributed by atoms with E-state index < -0.39 is 10.0 Å². The minimum absolute atomic E-state index is 0.0548. The highest BCUT2D eigenvalue weighted by Gasteiger charge is 2.16. The van der Waals surface area contributed by atoms with Crippen LogP contribution in [0.4, 0.5) is 5.69 Å². The molecule has 7 heteroatoms. The molecule has 0 spiro atoms. The zero-order valence-corrected chi connectivity index (χ0v) is 13.0. The number of carbonyl (C=O) groups excluding carboxylic acids is 1. The highest BCUT2D eigenvalue weighted by atomic mass is 32.2. The number of hydrogen-bond donors (Lipinski definition) is 2. The van der Waals surface area contributed by atoms with Crippen LogP contribution in [0.15, 0.2) is 35.7 Å². The van der Waals surface area contributed by atoms with Crippen molar-refractivity contribution in [1.29, 1.82) is 0 Å². The normalized spacial score (nSPS) is 11.0. The average molecular weight is 312 g/mol. The van der Waals surface area contributed by atoms with Crippen LogP contribution in [0.25, 0.3) is 0 Å². The quantitative estimate of drug-likeness (QED) is 0.718. The molecule has 0 aromatic heterocycles. The number of nitrogens with one attached hydrogen (secondary N) is 2. The van der Waals surface area contributed by atoms with Gasteiger partial charge in [0.2, 0.25) is 15.9 Å². The monoisotopic (exact) mass is 312 g/mol. The van der Waals surface area contributed by atoms with E-state index in [1.54, 1.807) is 6.92 Å². The van der Waals surface area contributed by atoms with E-state index in [0.717, 1.165) is 0 Å². The fraction of sp³-hybridized carbons (Fsp3) is 0.357. The van der Waals surface area contributed by atoms with Crippen LogP contribution < -0.4 is 14.8 Å². The molecule has 1 aromatic carbocycles. The molecule has 0 atom stereocenters. The molecule has 1 amide bonds. The van der Waals surface area contributed by atoms with Gasteiger partial charge in [-0.2, -0.15) is 0 Å². The van der Waals surface area contributed by atoms with E-state index in [-0.39, 0.29) is 23.8 Å². The van der Waals surface area contributed by atoms with E-state index >= 15 is 0 Å². The minimum Gasteiger partial charge on any atom is -0.492 e. The van der Waals surface area contributed by atoms with E-state index in [2.05, 4.69) is 16.6 Å². The first-order valence-corrected chi connectivity index (χ1v) is 8.10. The van der Waals surface area contributed by atoms with E-state index in [4.69, 9.17) is 4.74 Å². The zero-order chi connectivity index (χ0) is 15.9. The Morgan fingerprint density at radius 3 is 2.67 bits per heavy atom. The number of benzene rings is 1. The van der Waals surface area contributed by atoms with E-state index in [0.29, 0.717) is 18.0 Å². The predicted octanol–water partition coefficient (Wildman–Crippen LogP) is 1.90. The van der Waals surface area contributed by atoms with E-state index in [1.165, 1.54) is 24.3 Å². The molecule has 2 N–H and O–H groups in total. The molecule has 0 aliphatic carbocycles. The highest BCUT2D eigenvalue weighted by Crippen LogP contribution is 2.28. The van der Waals surface area contributed by atoms with Gasteiger partial charge in [-0.25, -0.2) is 13.1 Å². The Bertz CT molecular complexity index is 611. The molecule has 1 aromatic rings. The molecule has 0 aliphatic rings. The van der Waals surface area contributed by atoms with Crippen molar-refractivity contribution < 1.29 is 17.9 Å². The third-order valence-corrected chi connectivity index (χ3v) is 4.00. The van der Waals surface area contributed by atoms with Gasteiger partial charge in [-0.05, 0) is 25.1 Å². The first kappa shape index (κ1) is 17.2. The molecular formula is C14H20N2O4S. The summed E-state index contributed by atoms with van der Waals surface area (Å²) in [6.07, 6.45) is 1.74. The number of rotatable bonds is 8. The Kier molecular flexibility index (Phi) is 6.39. The van der Waals surface area contributed by atoms with Gasteiger partial charge in [-0.1, -0.05) is 13.0 Å². The van der Waals surface area contributed by atoms with Gasteiger partial charge in [0, 0.05) is 13.0 Å². The first-order chi connectivity index (χ1) is 9.94. The number of anilines is 1. The van der Waals surface area contributed by atoms with Crippen molar-refractivity contribution in [3.8, 4) is 5.75 Å². The van der Waals surface area contributed by atoms with Gasteiger partial charge < -0.3 is 10.1 Å². The molecule has 6 nitrogen and oxygen atoms in total. The molecule has 0 aliphatic heterocycles. The molecular weight excluding hydrogens is 292 g/mol. The fourth-order valence-electron chi connectivity index (χ4n) is 1.55. The number of sulfonamides is 1. The Balaban J connectivity index is 3.16. The second-order valence-corrected chi connectivity index (χ2v) is 5.90. The topological polar surface area (TPSA) is 84.5 Å². The molecule has 21 heavy (non-hydrogen) atoms. The summed E-state index contributed by atoms with van der Waals surface area (Å²) in [4.78, 5) is 11.6. The second kappa shape index (κ2) is 7.80. The Labute approximate surface area is 125 Å². The summed E-state index contributed by atoms with van der Waals surface area (Å²) in [6, 6.07) is 4.33. The molecule has 0 heterocycles. The molecule has 116 valence electrons. The average Bonchev–Trinajstić information content (AvgIpc) is 2.47. The maximum Gasteiger partial charge on any atom is 0.240 e. The molecule has 0 radical (unpaired) electrons. The Morgan fingerprint density at radius 2 is 2.10 bits per heavy atom. The third-order valence-electron chi connectivity index (χ3n) is 2.57. The van der Waals surface area contributed by atoms with Crippen LogP contribution in [0, 0.1) is 0 Å². The maximum absolute atomic E-state index is 12.1. The van der Waals surface area contributed by atoms with E-state index in [9.17, 15) is 13.2 Å². The standard InChI is InChI=1S/C14H20N2O4S/c1-4-9-15-21(18,19)11-7-8-13(20-6-3)12(10-11)16-14(17)5-2/h4,7-8,10,15H,1,5-6,9H2,2-3H3,(H,16,17). The lowest BCUT2D eigenvalue weighted by Gasteiger charge is -2.13. The lowest BCUT2D eigenvalue weighted by atomic mass is 10.3. The Hall–Kier alpha value is -1.86. The highest BCUT2D eigenvalue weighted by molar-refractivity contribution is 7.89. The second-order valence-electron chi connectivity index (χ2n) is 4.13. The van der Waals surface area contributed by atoms with Gasteiger partial charge in [0.05, 0.1) is 17.2 Å². The van der Waals surface area contributed by atoms with E-state index in [1.807, 2.05) is 6.92 Å². The molecule has 0 unspecified atom stereocenters. The largest absolute Gasteiger partial charge is 0.492 e. The number of hydrogen-bond acceptors (Lipinski definition) is 4. The van der Waals surface area contributed by atoms with Crippen molar-refractivity contribution in [1.82, 2.24) is 4.72 Å². The van der Waals surface area contributed by atoms with Crippen molar-refractivity contribution >= 4 is 21.6 Å². The lowest BCUT2D eigenvalue weighted by Crippen LogP contribution is -2.24. The van der Waals surface area contributed by atoms with Crippen LogP contribution in [0.2, 0.25) is 0 Å². The summed E-state index contributed by atoms with van der Waals surface area (Å²) in [5.74, 6) is 0.214. The minimum atomic E-state index is -3.65. The summed E-state index contributed by atoms with van der Waals surface area (Å²) < 4.78 is 31.9. The van der Waals surface area contributed by atoms with Crippen molar-refractivity contribution in [3.63, 3.8) is 0 Å². The van der Waals surface area contributed by atoms with Crippen LogP contribution in [-0.2, 0) is 14.8 Å². The van der Waals surface area contributed by atoms with Crippen LogP contribution >= 0.6 is 0 Å². The zero-order valence-electron chi connectivity index (χ0n) is 12.2. The molecule has 0 fully saturated rings. The maximum atomic E-state index is 12.1. The summed E-state index contributed by atoms with van der Waals surface area (Å²) in [5, 5.41) is 2.64. The molecule has 0 bridgehead atoms. The molecule has 0 saturated carbocycles. The summed E-state index contributed by atoms with van der Waals surface area (Å²) in [7, 11) is -3.65. The number of amides is 1. The first-order valence-electron chi connectivity index (χ1n) is 6.61. The predicted molar refractivity (Wildman–Crippen MR) is 81.9 cm³/mol. The summed E-state index contributed by atoms with van der Waals surface area (Å²) >= 11 is 0. The van der Waals surface area contributed by atoms with Gasteiger partial charge >= 0.3 is 0 Å². The van der Waals surface area contributed by atoms with Gasteiger partial charge in [-0.3, -0.25) is 4.79 Å². The van der Waals surface area contributed by atoms with Crippen molar-refractivity contribution in [2.45, 2.75) is 25.2 Å².